The second-order valence-electron chi connectivity index (χ2n) is 5.03. The van der Waals surface area contributed by atoms with Crippen molar-refractivity contribution in [3.8, 4) is 0 Å². The first kappa shape index (κ1) is 13.9. The Bertz CT molecular complexity index is 485. The van der Waals surface area contributed by atoms with Crippen LogP contribution in [0.15, 0.2) is 36.5 Å². The highest BCUT2D eigenvalue weighted by molar-refractivity contribution is 5.15. The minimum Gasteiger partial charge on any atom is -0.335 e. The topological polar surface area (TPSA) is 17.8 Å². The summed E-state index contributed by atoms with van der Waals surface area (Å²) in [6, 6.07) is 10.7. The minimum atomic E-state index is 1.03. The first-order chi connectivity index (χ1) is 9.33. The molecular formula is C17H24N2. The molecule has 1 aromatic carbocycles. The van der Waals surface area contributed by atoms with Gasteiger partial charge in [0.05, 0.1) is 5.69 Å². The van der Waals surface area contributed by atoms with Crippen LogP contribution in [0.25, 0.3) is 0 Å². The number of hydrogen-bond donors (Lipinski definition) is 0. The fraction of sp³-hybridized carbons (Fsp3) is 0.471. The van der Waals surface area contributed by atoms with E-state index in [4.69, 9.17) is 4.98 Å². The number of hydrogen-bond acceptors (Lipinski definition) is 1. The maximum absolute atomic E-state index is 4.74. The first-order valence-corrected chi connectivity index (χ1v) is 7.42. The molecule has 0 N–H and O–H groups in total. The van der Waals surface area contributed by atoms with E-state index in [-0.39, 0.29) is 0 Å². The zero-order valence-electron chi connectivity index (χ0n) is 12.1. The van der Waals surface area contributed by atoms with Crippen LogP contribution in [0.4, 0.5) is 0 Å². The predicted molar refractivity (Wildman–Crippen MR) is 80.4 cm³/mol. The summed E-state index contributed by atoms with van der Waals surface area (Å²) in [5.74, 6) is 1.23. The lowest BCUT2D eigenvalue weighted by Crippen LogP contribution is -2.00. The Balaban J connectivity index is 1.89. The van der Waals surface area contributed by atoms with Crippen LogP contribution in [0.2, 0.25) is 0 Å². The van der Waals surface area contributed by atoms with Crippen LogP contribution in [0.5, 0.6) is 0 Å². The Hall–Kier alpha value is -1.57. The van der Waals surface area contributed by atoms with Crippen molar-refractivity contribution in [2.24, 2.45) is 0 Å². The third-order valence-electron chi connectivity index (χ3n) is 3.43. The van der Waals surface area contributed by atoms with Crippen molar-refractivity contribution in [3.63, 3.8) is 0 Å². The van der Waals surface area contributed by atoms with Crippen LogP contribution in [-0.2, 0) is 25.8 Å². The van der Waals surface area contributed by atoms with Crippen molar-refractivity contribution >= 4 is 0 Å². The lowest BCUT2D eigenvalue weighted by atomic mass is 10.1. The van der Waals surface area contributed by atoms with E-state index < -0.39 is 0 Å². The third-order valence-corrected chi connectivity index (χ3v) is 3.43. The molecule has 2 rings (SSSR count). The van der Waals surface area contributed by atoms with Crippen molar-refractivity contribution in [1.82, 2.24) is 9.55 Å². The SMILES string of the molecule is CCCn1cc(CCCc2ccccc2)nc1CC. The molecule has 0 unspecified atom stereocenters. The monoisotopic (exact) mass is 256 g/mol. The molecule has 0 saturated carbocycles. The molecule has 0 fully saturated rings. The molecule has 0 aliphatic heterocycles. The molecule has 102 valence electrons. The second-order valence-corrected chi connectivity index (χ2v) is 5.03. The minimum absolute atomic E-state index is 1.03. The highest BCUT2D eigenvalue weighted by atomic mass is 15.1. The molecule has 1 aromatic heterocycles. The fourth-order valence-electron chi connectivity index (χ4n) is 2.47. The third kappa shape index (κ3) is 3.95. The Morgan fingerprint density at radius 2 is 1.84 bits per heavy atom. The summed E-state index contributed by atoms with van der Waals surface area (Å²) in [6.07, 6.45) is 7.84. The molecule has 2 aromatic rings. The van der Waals surface area contributed by atoms with Gasteiger partial charge in [0.25, 0.3) is 0 Å². The number of benzene rings is 1. The number of imidazole rings is 1. The van der Waals surface area contributed by atoms with Gasteiger partial charge in [-0.15, -0.1) is 0 Å². The summed E-state index contributed by atoms with van der Waals surface area (Å²) in [7, 11) is 0. The molecule has 2 nitrogen and oxygen atoms in total. The highest BCUT2D eigenvalue weighted by Crippen LogP contribution is 2.10. The van der Waals surface area contributed by atoms with E-state index in [2.05, 4.69) is 54.9 Å². The Kier molecular flexibility index (Phi) is 5.20. The molecule has 0 bridgehead atoms. The van der Waals surface area contributed by atoms with E-state index in [1.165, 1.54) is 29.9 Å². The maximum Gasteiger partial charge on any atom is 0.108 e. The molecule has 0 aliphatic carbocycles. The van der Waals surface area contributed by atoms with Crippen molar-refractivity contribution in [1.29, 1.82) is 0 Å². The van der Waals surface area contributed by atoms with Gasteiger partial charge in [0.2, 0.25) is 0 Å². The Morgan fingerprint density at radius 3 is 2.53 bits per heavy atom. The normalized spacial score (nSPS) is 10.8. The molecule has 1 heterocycles. The van der Waals surface area contributed by atoms with Gasteiger partial charge in [-0.3, -0.25) is 0 Å². The summed E-state index contributed by atoms with van der Waals surface area (Å²) >= 11 is 0. The average molecular weight is 256 g/mol. The summed E-state index contributed by atoms with van der Waals surface area (Å²) in [5.41, 5.74) is 2.67. The van der Waals surface area contributed by atoms with Gasteiger partial charge in [-0.2, -0.15) is 0 Å². The average Bonchev–Trinajstić information content (AvgIpc) is 2.83. The van der Waals surface area contributed by atoms with Crippen LogP contribution >= 0.6 is 0 Å². The van der Waals surface area contributed by atoms with Gasteiger partial charge in [-0.1, -0.05) is 44.2 Å². The first-order valence-electron chi connectivity index (χ1n) is 7.42. The zero-order chi connectivity index (χ0) is 13.5. The molecule has 2 heteroatoms. The van der Waals surface area contributed by atoms with Gasteiger partial charge in [0, 0.05) is 19.2 Å². The maximum atomic E-state index is 4.74. The largest absolute Gasteiger partial charge is 0.335 e. The summed E-state index contributed by atoms with van der Waals surface area (Å²) < 4.78 is 2.32. The van der Waals surface area contributed by atoms with E-state index in [1.807, 2.05) is 0 Å². The van der Waals surface area contributed by atoms with E-state index >= 15 is 0 Å². The predicted octanol–water partition coefficient (Wildman–Crippen LogP) is 4.03. The van der Waals surface area contributed by atoms with E-state index in [9.17, 15) is 0 Å². The van der Waals surface area contributed by atoms with Gasteiger partial charge in [-0.25, -0.2) is 4.98 Å². The number of aromatic nitrogens is 2. The Morgan fingerprint density at radius 1 is 1.05 bits per heavy atom. The van der Waals surface area contributed by atoms with Gasteiger partial charge in [-0.05, 0) is 31.2 Å². The van der Waals surface area contributed by atoms with Gasteiger partial charge in [0.1, 0.15) is 5.82 Å². The summed E-state index contributed by atoms with van der Waals surface area (Å²) in [6.45, 7) is 5.49. The molecule has 19 heavy (non-hydrogen) atoms. The van der Waals surface area contributed by atoms with Crippen LogP contribution in [0.1, 0.15) is 43.8 Å². The fourth-order valence-corrected chi connectivity index (χ4v) is 2.47. The van der Waals surface area contributed by atoms with Gasteiger partial charge in [0.15, 0.2) is 0 Å². The van der Waals surface area contributed by atoms with Gasteiger partial charge < -0.3 is 4.57 Å². The smallest absolute Gasteiger partial charge is 0.108 e. The van der Waals surface area contributed by atoms with Crippen molar-refractivity contribution < 1.29 is 0 Å². The van der Waals surface area contributed by atoms with Crippen LogP contribution < -0.4 is 0 Å². The molecule has 0 amide bonds. The molecular weight excluding hydrogens is 232 g/mol. The molecule has 0 radical (unpaired) electrons. The highest BCUT2D eigenvalue weighted by Gasteiger charge is 2.05. The lowest BCUT2D eigenvalue weighted by Gasteiger charge is -2.02. The number of aryl methyl sites for hydroxylation is 4. The quantitative estimate of drug-likeness (QED) is 0.731. The summed E-state index contributed by atoms with van der Waals surface area (Å²) in [5, 5.41) is 0. The van der Waals surface area contributed by atoms with E-state index in [0.29, 0.717) is 0 Å². The molecule has 0 spiro atoms. The van der Waals surface area contributed by atoms with Crippen molar-refractivity contribution in [2.75, 3.05) is 0 Å². The zero-order valence-corrected chi connectivity index (χ0v) is 12.1. The number of rotatable bonds is 7. The molecule has 0 atom stereocenters. The number of nitrogens with zero attached hydrogens (tertiary/aromatic N) is 2. The van der Waals surface area contributed by atoms with Crippen LogP contribution in [-0.4, -0.2) is 9.55 Å². The lowest BCUT2D eigenvalue weighted by molar-refractivity contribution is 0.642. The summed E-state index contributed by atoms with van der Waals surface area (Å²) in [4.78, 5) is 4.74. The molecule has 0 saturated heterocycles. The van der Waals surface area contributed by atoms with Crippen molar-refractivity contribution in [3.05, 3.63) is 53.6 Å². The van der Waals surface area contributed by atoms with E-state index in [0.717, 1.165) is 25.8 Å². The van der Waals surface area contributed by atoms with Crippen molar-refractivity contribution in [2.45, 2.75) is 52.5 Å². The van der Waals surface area contributed by atoms with Crippen LogP contribution in [0.3, 0.4) is 0 Å². The van der Waals surface area contributed by atoms with Crippen LogP contribution in [0, 0.1) is 0 Å². The second kappa shape index (κ2) is 7.13. The van der Waals surface area contributed by atoms with E-state index in [1.54, 1.807) is 0 Å². The van der Waals surface area contributed by atoms with Gasteiger partial charge >= 0.3 is 0 Å². The standard InChI is InChI=1S/C17H24N2/c1-3-13-19-14-16(18-17(19)4-2)12-8-11-15-9-6-5-7-10-15/h5-7,9-10,14H,3-4,8,11-13H2,1-2H3. The molecule has 0 aliphatic rings. The Labute approximate surface area is 116 Å².